The zero-order valence-electron chi connectivity index (χ0n) is 22.6. The molecular weight excluding hydrogens is 542 g/mol. The van der Waals surface area contributed by atoms with E-state index in [1.807, 2.05) is 78.5 Å². The summed E-state index contributed by atoms with van der Waals surface area (Å²) >= 11 is 0. The van der Waals surface area contributed by atoms with E-state index in [0.29, 0.717) is 11.4 Å². The number of pyridine rings is 1. The first kappa shape index (κ1) is 27.5. The average Bonchev–Trinajstić information content (AvgIpc) is 3.35. The van der Waals surface area contributed by atoms with Crippen LogP contribution in [0.2, 0.25) is 0 Å². The predicted molar refractivity (Wildman–Crippen MR) is 160 cm³/mol. The van der Waals surface area contributed by atoms with Crippen molar-refractivity contribution < 1.29 is 16.8 Å². The number of benzene rings is 3. The Kier molecular flexibility index (Phi) is 7.20. The van der Waals surface area contributed by atoms with Gasteiger partial charge < -0.3 is 4.57 Å². The third-order valence-corrected chi connectivity index (χ3v) is 9.65. The second kappa shape index (κ2) is 10.5. The maximum absolute atomic E-state index is 12.4. The lowest BCUT2D eigenvalue weighted by molar-refractivity contribution is 0.592. The highest BCUT2D eigenvalue weighted by atomic mass is 32.2. The summed E-state index contributed by atoms with van der Waals surface area (Å²) in [5, 5.41) is 0.189. The molecule has 0 bridgehead atoms. The number of hydrogen-bond donors (Lipinski definition) is 0. The second-order valence-corrected chi connectivity index (χ2v) is 14.3. The van der Waals surface area contributed by atoms with Crippen LogP contribution in [0.3, 0.4) is 0 Å². The summed E-state index contributed by atoms with van der Waals surface area (Å²) in [7, 11) is -4.82. The molecule has 40 heavy (non-hydrogen) atoms. The van der Waals surface area contributed by atoms with Crippen molar-refractivity contribution in [2.75, 3.05) is 12.5 Å². The zero-order chi connectivity index (χ0) is 28.7. The number of imidazole rings is 1. The molecule has 0 amide bonds. The Hall–Kier alpha value is -4.08. The third kappa shape index (κ3) is 5.61. The molecule has 2 heterocycles. The number of fused-ring (bicyclic) bond motifs is 1. The van der Waals surface area contributed by atoms with Crippen LogP contribution in [0.5, 0.6) is 0 Å². The highest BCUT2D eigenvalue weighted by Gasteiger charge is 2.20. The molecule has 1 unspecified atom stereocenters. The van der Waals surface area contributed by atoms with Gasteiger partial charge >= 0.3 is 0 Å². The summed E-state index contributed by atoms with van der Waals surface area (Å²) in [5.74, 6) is 0.687. The maximum atomic E-state index is 12.4. The average molecular weight is 572 g/mol. The lowest BCUT2D eigenvalue weighted by atomic mass is 9.95. The summed E-state index contributed by atoms with van der Waals surface area (Å²) in [4.78, 5) is 9.37. The fourth-order valence-electron chi connectivity index (χ4n) is 4.68. The van der Waals surface area contributed by atoms with E-state index < -0.39 is 24.9 Å². The van der Waals surface area contributed by atoms with Crippen molar-refractivity contribution in [1.82, 2.24) is 14.5 Å². The fourth-order valence-corrected chi connectivity index (χ4v) is 5.97. The largest absolute Gasteiger partial charge is 0.334 e. The van der Waals surface area contributed by atoms with Crippen LogP contribution in [0.4, 0.5) is 0 Å². The summed E-state index contributed by atoms with van der Waals surface area (Å²) in [6, 6.07) is 22.3. The standard InChI is InChI=1S/C31H29N3O4S2/c1-21(39(3,35)36)26-18-25-11-7-13-32-30(25)28(20-26)23-9-5-8-22(16-23)17-29(31-33-14-15-34(31)2)24-10-6-12-27(19-24)40(4,37)38/h5-21H,1-4H3. The van der Waals surface area contributed by atoms with Crippen molar-refractivity contribution in [3.8, 4) is 11.1 Å². The number of aryl methyl sites for hydroxylation is 1. The van der Waals surface area contributed by atoms with Gasteiger partial charge in [0.15, 0.2) is 19.7 Å². The molecule has 1 atom stereocenters. The molecule has 5 aromatic rings. The van der Waals surface area contributed by atoms with Crippen molar-refractivity contribution in [2.24, 2.45) is 7.05 Å². The first-order valence-corrected chi connectivity index (χ1v) is 16.4. The number of hydrogen-bond acceptors (Lipinski definition) is 6. The van der Waals surface area contributed by atoms with Gasteiger partial charge in [-0.3, -0.25) is 4.98 Å². The highest BCUT2D eigenvalue weighted by molar-refractivity contribution is 7.91. The summed E-state index contributed by atoms with van der Waals surface area (Å²) in [6.07, 6.45) is 9.68. The van der Waals surface area contributed by atoms with Gasteiger partial charge in [-0.25, -0.2) is 21.8 Å². The highest BCUT2D eigenvalue weighted by Crippen LogP contribution is 2.34. The normalized spacial score (nSPS) is 13.4. The van der Waals surface area contributed by atoms with E-state index in [1.165, 1.54) is 12.5 Å². The molecule has 5 rings (SSSR count). The minimum atomic E-state index is -3.40. The molecule has 3 aromatic carbocycles. The molecule has 0 aliphatic rings. The summed E-state index contributed by atoms with van der Waals surface area (Å²) in [5.41, 5.74) is 5.53. The van der Waals surface area contributed by atoms with Crippen molar-refractivity contribution in [1.29, 1.82) is 0 Å². The molecule has 0 saturated carbocycles. The molecule has 0 fully saturated rings. The van der Waals surface area contributed by atoms with Gasteiger partial charge in [-0.2, -0.15) is 0 Å². The van der Waals surface area contributed by atoms with Crippen LogP contribution in [0.1, 0.15) is 34.7 Å². The first-order valence-electron chi connectivity index (χ1n) is 12.6. The van der Waals surface area contributed by atoms with Crippen LogP contribution < -0.4 is 0 Å². The van der Waals surface area contributed by atoms with E-state index in [1.54, 1.807) is 37.5 Å². The van der Waals surface area contributed by atoms with Gasteiger partial charge in [-0.1, -0.05) is 36.4 Å². The lowest BCUT2D eigenvalue weighted by Gasteiger charge is -2.15. The van der Waals surface area contributed by atoms with E-state index in [4.69, 9.17) is 0 Å². The molecule has 0 aliphatic heterocycles. The summed E-state index contributed by atoms with van der Waals surface area (Å²) < 4.78 is 51.2. The van der Waals surface area contributed by atoms with Crippen LogP contribution in [-0.2, 0) is 26.7 Å². The zero-order valence-corrected chi connectivity index (χ0v) is 24.2. The minimum absolute atomic E-state index is 0.230. The van der Waals surface area contributed by atoms with Crippen LogP contribution in [0, 0.1) is 0 Å². The van der Waals surface area contributed by atoms with E-state index in [2.05, 4.69) is 9.97 Å². The van der Waals surface area contributed by atoms with Gasteiger partial charge in [0, 0.05) is 54.7 Å². The first-order chi connectivity index (χ1) is 18.9. The Balaban J connectivity index is 1.70. The van der Waals surface area contributed by atoms with Crippen LogP contribution >= 0.6 is 0 Å². The predicted octanol–water partition coefficient (Wildman–Crippen LogP) is 5.73. The molecule has 0 N–H and O–H groups in total. The maximum Gasteiger partial charge on any atom is 0.175 e. The van der Waals surface area contributed by atoms with E-state index in [0.717, 1.165) is 38.7 Å². The molecule has 2 aromatic heterocycles. The Morgan fingerprint density at radius 1 is 0.875 bits per heavy atom. The van der Waals surface area contributed by atoms with Crippen molar-refractivity contribution in [3.63, 3.8) is 0 Å². The van der Waals surface area contributed by atoms with Crippen molar-refractivity contribution >= 4 is 42.2 Å². The van der Waals surface area contributed by atoms with Crippen LogP contribution in [0.25, 0.3) is 33.7 Å². The number of aromatic nitrogens is 3. The second-order valence-electron chi connectivity index (χ2n) is 9.96. The van der Waals surface area contributed by atoms with Gasteiger partial charge in [0.25, 0.3) is 0 Å². The number of sulfone groups is 2. The van der Waals surface area contributed by atoms with E-state index in [-0.39, 0.29) is 4.90 Å². The van der Waals surface area contributed by atoms with Crippen LogP contribution in [-0.4, -0.2) is 43.9 Å². The molecule has 204 valence electrons. The summed E-state index contributed by atoms with van der Waals surface area (Å²) in [6.45, 7) is 1.69. The molecule has 9 heteroatoms. The fraction of sp³-hybridized carbons (Fsp3) is 0.161. The molecule has 0 aliphatic carbocycles. The number of rotatable bonds is 7. The monoisotopic (exact) mass is 571 g/mol. The molecule has 0 spiro atoms. The topological polar surface area (TPSA) is 99.0 Å². The van der Waals surface area contributed by atoms with E-state index in [9.17, 15) is 16.8 Å². The quantitative estimate of drug-likeness (QED) is 0.231. The lowest BCUT2D eigenvalue weighted by Crippen LogP contribution is -2.08. The Bertz CT molecular complexity index is 1990. The molecular formula is C31H29N3O4S2. The third-order valence-electron chi connectivity index (χ3n) is 6.98. The molecule has 0 saturated heterocycles. The van der Waals surface area contributed by atoms with Gasteiger partial charge in [0.05, 0.1) is 15.7 Å². The Labute approximate surface area is 234 Å². The van der Waals surface area contributed by atoms with Crippen molar-refractivity contribution in [2.45, 2.75) is 17.1 Å². The Morgan fingerprint density at radius 3 is 2.35 bits per heavy atom. The van der Waals surface area contributed by atoms with Crippen LogP contribution in [0.15, 0.2) is 96.3 Å². The van der Waals surface area contributed by atoms with Crippen molar-refractivity contribution in [3.05, 3.63) is 114 Å². The Morgan fingerprint density at radius 2 is 1.65 bits per heavy atom. The van der Waals surface area contributed by atoms with E-state index >= 15 is 0 Å². The SMILES string of the molecule is CC(c1cc(-c2cccc(C=C(c3cccc(S(C)(=O)=O)c3)c3nccn3C)c2)c2ncccc2c1)S(C)(=O)=O. The van der Waals surface area contributed by atoms with Gasteiger partial charge in [-0.15, -0.1) is 0 Å². The molecule has 0 radical (unpaired) electrons. The van der Waals surface area contributed by atoms with Gasteiger partial charge in [0.1, 0.15) is 5.82 Å². The minimum Gasteiger partial charge on any atom is -0.334 e. The molecule has 7 nitrogen and oxygen atoms in total. The number of nitrogens with zero attached hydrogens (tertiary/aromatic N) is 3. The smallest absolute Gasteiger partial charge is 0.175 e. The van der Waals surface area contributed by atoms with Gasteiger partial charge in [0.2, 0.25) is 0 Å². The van der Waals surface area contributed by atoms with Gasteiger partial charge in [-0.05, 0) is 71.7 Å².